The van der Waals surface area contributed by atoms with E-state index in [1.165, 1.54) is 10.6 Å². The van der Waals surface area contributed by atoms with Gasteiger partial charge < -0.3 is 5.32 Å². The van der Waals surface area contributed by atoms with E-state index in [0.29, 0.717) is 11.3 Å². The molecule has 0 saturated heterocycles. The van der Waals surface area contributed by atoms with Crippen LogP contribution in [0.2, 0.25) is 0 Å². The molecule has 0 amide bonds. The minimum atomic E-state index is -2.52. The molecule has 0 aromatic heterocycles. The zero-order valence-corrected chi connectivity index (χ0v) is 26.7. The molecule has 0 N–H and O–H groups in total. The molecule has 0 radical (unpaired) electrons. The molecule has 0 atom stereocenters. The van der Waals surface area contributed by atoms with Gasteiger partial charge in [0.2, 0.25) is 0 Å². The van der Waals surface area contributed by atoms with Gasteiger partial charge in [-0.15, -0.1) is 11.4 Å². The fourth-order valence-corrected chi connectivity index (χ4v) is 11.2. The molecule has 0 spiro atoms. The van der Waals surface area contributed by atoms with Gasteiger partial charge in [0.25, 0.3) is 0 Å². The molecule has 0 fully saturated rings. The van der Waals surface area contributed by atoms with Crippen LogP contribution < -0.4 is 15.9 Å². The largest absolute Gasteiger partial charge is 0.657 e. The second-order valence-electron chi connectivity index (χ2n) is 10.9. The van der Waals surface area contributed by atoms with Crippen LogP contribution in [0.15, 0.2) is 156 Å². The van der Waals surface area contributed by atoms with Gasteiger partial charge in [0.15, 0.2) is 0 Å². The molecule has 0 aliphatic heterocycles. The van der Waals surface area contributed by atoms with E-state index in [0.717, 1.165) is 27.9 Å². The van der Waals surface area contributed by atoms with E-state index in [9.17, 15) is 0 Å². The van der Waals surface area contributed by atoms with Crippen molar-refractivity contribution >= 4 is 48.0 Å². The van der Waals surface area contributed by atoms with Gasteiger partial charge in [0, 0.05) is 10.6 Å². The highest BCUT2D eigenvalue weighted by molar-refractivity contribution is 7.87. The third-order valence-corrected chi connectivity index (χ3v) is 13.9. The molecule has 0 aliphatic rings. The topological polar surface area (TPSA) is 26.5 Å². The Morgan fingerprint density at radius 3 is 1.57 bits per heavy atom. The lowest BCUT2D eigenvalue weighted by atomic mass is 10.1. The maximum absolute atomic E-state index is 5.69. The van der Waals surface area contributed by atoms with Crippen LogP contribution in [0.3, 0.4) is 0 Å². The summed E-state index contributed by atoms with van der Waals surface area (Å²) in [5.74, 6) is 2.45. The van der Waals surface area contributed by atoms with Gasteiger partial charge in [-0.25, -0.2) is 0 Å². The van der Waals surface area contributed by atoms with Crippen molar-refractivity contribution in [3.8, 4) is 0 Å². The van der Waals surface area contributed by atoms with Crippen LogP contribution >= 0.6 is 15.0 Å². The number of benzene rings is 5. The Labute approximate surface area is 253 Å². The minimum absolute atomic E-state index is 0.373. The van der Waals surface area contributed by atoms with Gasteiger partial charge >= 0.3 is 0 Å². The molecule has 0 bridgehead atoms. The second-order valence-corrected chi connectivity index (χ2v) is 17.1. The first-order valence-corrected chi connectivity index (χ1v) is 17.9. The lowest BCUT2D eigenvalue weighted by Gasteiger charge is -2.36. The summed E-state index contributed by atoms with van der Waals surface area (Å²) >= 11 is 0. The third-order valence-electron chi connectivity index (χ3n) is 7.29. The Morgan fingerprint density at radius 2 is 1.05 bits per heavy atom. The predicted molar refractivity (Wildman–Crippen MR) is 188 cm³/mol. The highest BCUT2D eigenvalue weighted by Crippen LogP contribution is 2.54. The van der Waals surface area contributed by atoms with Crippen molar-refractivity contribution in [2.75, 3.05) is 0 Å². The molecule has 0 saturated carbocycles. The zero-order valence-electron chi connectivity index (χ0n) is 24.9. The summed E-state index contributed by atoms with van der Waals surface area (Å²) in [4.78, 5) is 0. The number of hydrogen-bond donors (Lipinski definition) is 0. The van der Waals surface area contributed by atoms with E-state index in [2.05, 4.69) is 173 Å². The van der Waals surface area contributed by atoms with Crippen molar-refractivity contribution in [3.05, 3.63) is 162 Å². The number of rotatable bonds is 10. The molecule has 5 aromatic rings. The van der Waals surface area contributed by atoms with Gasteiger partial charge in [0.05, 0.1) is 12.7 Å². The van der Waals surface area contributed by atoms with E-state index in [4.69, 9.17) is 10.1 Å². The van der Waals surface area contributed by atoms with Crippen molar-refractivity contribution in [2.45, 2.75) is 39.0 Å². The molecule has 42 heavy (non-hydrogen) atoms. The summed E-state index contributed by atoms with van der Waals surface area (Å²) in [5, 5.41) is 9.11. The van der Waals surface area contributed by atoms with Gasteiger partial charge in [-0.1, -0.05) is 175 Å². The quantitative estimate of drug-likeness (QED) is 0.146. The van der Waals surface area contributed by atoms with Crippen LogP contribution in [-0.4, -0.2) is 11.3 Å². The Bertz CT molecular complexity index is 1590. The van der Waals surface area contributed by atoms with E-state index >= 15 is 0 Å². The third kappa shape index (κ3) is 6.68. The Hall–Kier alpha value is -3.70. The first kappa shape index (κ1) is 29.8. The molecule has 5 aromatic carbocycles. The van der Waals surface area contributed by atoms with E-state index in [1.807, 2.05) is 6.07 Å². The molecule has 0 aliphatic carbocycles. The molecule has 5 rings (SSSR count). The van der Waals surface area contributed by atoms with Gasteiger partial charge in [-0.3, -0.25) is 4.74 Å². The Kier molecular flexibility index (Phi) is 9.91. The SMILES string of the molecule is CC(C)P(/C=C(\[N-]c1ccccc1P(=Nc1ccccc1)(c1ccccc1)c1ccccc1)c1ccccc1)C(C)C. The first-order valence-electron chi connectivity index (χ1n) is 14.6. The monoisotopic (exact) mass is 585 g/mol. The van der Waals surface area contributed by atoms with Crippen LogP contribution in [0, 0.1) is 0 Å². The van der Waals surface area contributed by atoms with Gasteiger partial charge in [-0.2, -0.15) is 0 Å². The van der Waals surface area contributed by atoms with Crippen LogP contribution in [0.25, 0.3) is 11.0 Å². The van der Waals surface area contributed by atoms with Crippen LogP contribution in [0.4, 0.5) is 11.4 Å². The number of nitrogens with zero attached hydrogens (tertiary/aromatic N) is 2. The zero-order chi connectivity index (χ0) is 29.4. The van der Waals surface area contributed by atoms with Crippen molar-refractivity contribution < 1.29 is 0 Å². The maximum Gasteiger partial charge on any atom is 0.0625 e. The summed E-state index contributed by atoms with van der Waals surface area (Å²) < 4.78 is 5.69. The Balaban J connectivity index is 1.80. The molecular formula is C38H39N2P2-. The fraction of sp³-hybridized carbons (Fsp3) is 0.158. The summed E-state index contributed by atoms with van der Waals surface area (Å²) in [5.41, 5.74) is 5.25. The van der Waals surface area contributed by atoms with E-state index in [-0.39, 0.29) is 7.92 Å². The van der Waals surface area contributed by atoms with Crippen LogP contribution in [0.1, 0.15) is 33.3 Å². The number of para-hydroxylation sites is 1. The standard InChI is InChI=1S/C38H39N2P2/c1-30(2)41(31(3)4)29-37(32-19-9-5-10-20-32)39-36-27-17-18-28-38(36)42(34-23-13-7-14-24-34,35-25-15-8-16-26-35)40-33-21-11-6-12-22-33/h5-31H,1-4H3/q-1/b37-29-. The van der Waals surface area contributed by atoms with Crippen molar-refractivity contribution in [1.29, 1.82) is 0 Å². The average Bonchev–Trinajstić information content (AvgIpc) is 3.03. The van der Waals surface area contributed by atoms with Crippen LogP contribution in [0.5, 0.6) is 0 Å². The maximum atomic E-state index is 5.69. The molecular weight excluding hydrogens is 546 g/mol. The molecule has 2 nitrogen and oxygen atoms in total. The summed E-state index contributed by atoms with van der Waals surface area (Å²) in [6, 6.07) is 51.3. The number of hydrogen-bond acceptors (Lipinski definition) is 1. The fourth-order valence-electron chi connectivity index (χ4n) is 5.33. The first-order chi connectivity index (χ1) is 20.5. The van der Waals surface area contributed by atoms with E-state index < -0.39 is 7.05 Å². The average molecular weight is 586 g/mol. The van der Waals surface area contributed by atoms with E-state index in [1.54, 1.807) is 0 Å². The highest BCUT2D eigenvalue weighted by Gasteiger charge is 2.28. The summed E-state index contributed by atoms with van der Waals surface area (Å²) in [6.07, 6.45) is 0. The van der Waals surface area contributed by atoms with Crippen molar-refractivity contribution in [2.24, 2.45) is 4.74 Å². The Morgan fingerprint density at radius 1 is 0.595 bits per heavy atom. The van der Waals surface area contributed by atoms with Gasteiger partial charge in [0.1, 0.15) is 0 Å². The highest BCUT2D eigenvalue weighted by atomic mass is 31.2. The van der Waals surface area contributed by atoms with Gasteiger partial charge in [-0.05, 0) is 34.3 Å². The van der Waals surface area contributed by atoms with Crippen molar-refractivity contribution in [1.82, 2.24) is 0 Å². The minimum Gasteiger partial charge on any atom is -0.657 e. The molecule has 0 unspecified atom stereocenters. The smallest absolute Gasteiger partial charge is 0.0625 e. The van der Waals surface area contributed by atoms with Crippen molar-refractivity contribution in [3.63, 3.8) is 0 Å². The normalized spacial score (nSPS) is 12.1. The second kappa shape index (κ2) is 14.0. The predicted octanol–water partition coefficient (Wildman–Crippen LogP) is 10.8. The van der Waals surface area contributed by atoms with Crippen LogP contribution in [-0.2, 0) is 0 Å². The lowest BCUT2D eigenvalue weighted by Crippen LogP contribution is -2.25. The molecule has 212 valence electrons. The molecule has 4 heteroatoms. The lowest BCUT2D eigenvalue weighted by molar-refractivity contribution is 1.02. The molecule has 0 heterocycles. The summed E-state index contributed by atoms with van der Waals surface area (Å²) in [7, 11) is -2.90. The summed E-state index contributed by atoms with van der Waals surface area (Å²) in [6.45, 7) is 9.33.